The van der Waals surface area contributed by atoms with Crippen LogP contribution in [0, 0.1) is 0 Å². The van der Waals surface area contributed by atoms with Gasteiger partial charge in [-0.1, -0.05) is 12.1 Å². The first kappa shape index (κ1) is 11.4. The van der Waals surface area contributed by atoms with Crippen LogP contribution < -0.4 is 10.4 Å². The zero-order chi connectivity index (χ0) is 11.6. The van der Waals surface area contributed by atoms with Crippen molar-refractivity contribution in [1.29, 1.82) is 0 Å². The summed E-state index contributed by atoms with van der Waals surface area (Å²) < 4.78 is 37.2. The highest BCUT2D eigenvalue weighted by atomic mass is 19.4. The Hall–Kier alpha value is -1.13. The summed E-state index contributed by atoms with van der Waals surface area (Å²) in [5, 5.41) is 0. The van der Waals surface area contributed by atoms with Crippen molar-refractivity contribution >= 4 is 18.1 Å². The topological polar surface area (TPSA) is 3.24 Å². The molecule has 1 aromatic rings. The first-order chi connectivity index (χ1) is 7.57. The first-order valence-corrected chi connectivity index (χ1v) is 5.62. The van der Waals surface area contributed by atoms with Gasteiger partial charge in [-0.05, 0) is 31.4 Å². The molecule has 0 spiro atoms. The van der Waals surface area contributed by atoms with Crippen LogP contribution >= 0.6 is 0 Å². The van der Waals surface area contributed by atoms with Crippen LogP contribution in [-0.2, 0) is 0 Å². The molecule has 1 saturated heterocycles. The van der Waals surface area contributed by atoms with Crippen LogP contribution in [0.15, 0.2) is 24.3 Å². The molecule has 1 fully saturated rings. The molecule has 0 amide bonds. The smallest absolute Gasteiger partial charge is 0.445 e. The van der Waals surface area contributed by atoms with Crippen molar-refractivity contribution in [3.8, 4) is 0 Å². The van der Waals surface area contributed by atoms with Crippen molar-refractivity contribution in [3.63, 3.8) is 0 Å². The highest BCUT2D eigenvalue weighted by Gasteiger charge is 2.25. The second-order valence-corrected chi connectivity index (χ2v) is 4.21. The SMILES string of the molecule is F[B-](F)(F)c1ccc(N2CCCCC2)cc1. The molecule has 0 radical (unpaired) electrons. The lowest BCUT2D eigenvalue weighted by atomic mass is 9.80. The second kappa shape index (κ2) is 4.40. The van der Waals surface area contributed by atoms with E-state index in [1.165, 1.54) is 18.6 Å². The molecule has 0 atom stereocenters. The third kappa shape index (κ3) is 2.51. The Labute approximate surface area is 93.3 Å². The van der Waals surface area contributed by atoms with Crippen LogP contribution in [0.4, 0.5) is 18.6 Å². The van der Waals surface area contributed by atoms with E-state index in [0.717, 1.165) is 31.6 Å². The maximum Gasteiger partial charge on any atom is 0.509 e. The van der Waals surface area contributed by atoms with Crippen molar-refractivity contribution in [2.75, 3.05) is 18.0 Å². The van der Waals surface area contributed by atoms with E-state index >= 15 is 0 Å². The van der Waals surface area contributed by atoms with Crippen molar-refractivity contribution in [3.05, 3.63) is 24.3 Å². The average Bonchev–Trinajstić information content (AvgIpc) is 2.29. The van der Waals surface area contributed by atoms with Gasteiger partial charge in [0, 0.05) is 18.8 Å². The lowest BCUT2D eigenvalue weighted by molar-refractivity contribution is 0.501. The summed E-state index contributed by atoms with van der Waals surface area (Å²) in [6.45, 7) is -2.95. The Morgan fingerprint density at radius 1 is 0.875 bits per heavy atom. The van der Waals surface area contributed by atoms with E-state index in [9.17, 15) is 12.9 Å². The molecule has 0 aromatic heterocycles. The highest BCUT2D eigenvalue weighted by Crippen LogP contribution is 2.19. The predicted octanol–water partition coefficient (Wildman–Crippen LogP) is 2.73. The molecule has 1 nitrogen and oxygen atoms in total. The van der Waals surface area contributed by atoms with Gasteiger partial charge in [0.15, 0.2) is 0 Å². The summed E-state index contributed by atoms with van der Waals surface area (Å²) in [5.74, 6) is 0. The molecule has 0 saturated carbocycles. The normalized spacial score (nSPS) is 17.6. The maximum absolute atomic E-state index is 12.4. The molecule has 0 bridgehead atoms. The fraction of sp³-hybridized carbons (Fsp3) is 0.455. The number of rotatable bonds is 2. The number of piperidine rings is 1. The third-order valence-corrected chi connectivity index (χ3v) is 2.99. The molecule has 1 aromatic carbocycles. The van der Waals surface area contributed by atoms with E-state index < -0.39 is 12.4 Å². The Kier molecular flexibility index (Phi) is 3.12. The molecular formula is C11H14BF3N-. The summed E-state index contributed by atoms with van der Waals surface area (Å²) in [4.78, 5) is 2.15. The predicted molar refractivity (Wildman–Crippen MR) is 61.2 cm³/mol. The van der Waals surface area contributed by atoms with Crippen LogP contribution in [-0.4, -0.2) is 20.1 Å². The van der Waals surface area contributed by atoms with Gasteiger partial charge in [-0.2, -0.15) is 0 Å². The summed E-state index contributed by atoms with van der Waals surface area (Å²) in [7, 11) is 0. The van der Waals surface area contributed by atoms with E-state index in [0.29, 0.717) is 0 Å². The van der Waals surface area contributed by atoms with Crippen molar-refractivity contribution in [1.82, 2.24) is 0 Å². The fourth-order valence-electron chi connectivity index (χ4n) is 2.06. The summed E-state index contributed by atoms with van der Waals surface area (Å²) in [5.41, 5.74) is 0.393. The Bertz CT molecular complexity index is 341. The monoisotopic (exact) mass is 228 g/mol. The molecule has 16 heavy (non-hydrogen) atoms. The number of hydrogen-bond donors (Lipinski definition) is 0. The summed E-state index contributed by atoms with van der Waals surface area (Å²) in [6, 6.07) is 5.53. The molecule has 0 N–H and O–H groups in total. The minimum atomic E-state index is -4.86. The van der Waals surface area contributed by atoms with Crippen LogP contribution in [0.5, 0.6) is 0 Å². The third-order valence-electron chi connectivity index (χ3n) is 2.99. The zero-order valence-corrected chi connectivity index (χ0v) is 9.00. The van der Waals surface area contributed by atoms with Gasteiger partial charge in [0.1, 0.15) is 0 Å². The van der Waals surface area contributed by atoms with E-state index in [2.05, 4.69) is 4.90 Å². The molecule has 2 rings (SSSR count). The van der Waals surface area contributed by atoms with Crippen LogP contribution in [0.1, 0.15) is 19.3 Å². The second-order valence-electron chi connectivity index (χ2n) is 4.21. The Morgan fingerprint density at radius 3 is 1.94 bits per heavy atom. The molecular weight excluding hydrogens is 214 g/mol. The van der Waals surface area contributed by atoms with E-state index in [1.54, 1.807) is 12.1 Å². The van der Waals surface area contributed by atoms with E-state index in [-0.39, 0.29) is 0 Å². The lowest BCUT2D eigenvalue weighted by Crippen LogP contribution is -2.34. The zero-order valence-electron chi connectivity index (χ0n) is 9.00. The summed E-state index contributed by atoms with van der Waals surface area (Å²) in [6.07, 6.45) is 3.48. The highest BCUT2D eigenvalue weighted by molar-refractivity contribution is 6.73. The van der Waals surface area contributed by atoms with Gasteiger partial charge >= 0.3 is 6.98 Å². The number of benzene rings is 1. The average molecular weight is 228 g/mol. The number of halogens is 3. The number of nitrogens with zero attached hydrogens (tertiary/aromatic N) is 1. The van der Waals surface area contributed by atoms with Gasteiger partial charge < -0.3 is 17.8 Å². The minimum absolute atomic E-state index is 0.513. The van der Waals surface area contributed by atoms with Gasteiger partial charge in [0.2, 0.25) is 0 Å². The van der Waals surface area contributed by atoms with Crippen molar-refractivity contribution in [2.45, 2.75) is 19.3 Å². The van der Waals surface area contributed by atoms with Gasteiger partial charge in [0.05, 0.1) is 0 Å². The van der Waals surface area contributed by atoms with Gasteiger partial charge in [0.25, 0.3) is 0 Å². The molecule has 88 valence electrons. The van der Waals surface area contributed by atoms with E-state index in [1.807, 2.05) is 0 Å². The largest absolute Gasteiger partial charge is 0.509 e. The van der Waals surface area contributed by atoms with Crippen molar-refractivity contribution < 1.29 is 12.9 Å². The molecule has 1 heterocycles. The molecule has 1 aliphatic rings. The molecule has 5 heteroatoms. The van der Waals surface area contributed by atoms with Crippen LogP contribution in [0.3, 0.4) is 0 Å². The lowest BCUT2D eigenvalue weighted by Gasteiger charge is -2.29. The van der Waals surface area contributed by atoms with Crippen LogP contribution in [0.2, 0.25) is 0 Å². The molecule has 1 aliphatic heterocycles. The summed E-state index contributed by atoms with van der Waals surface area (Å²) >= 11 is 0. The molecule has 0 unspecified atom stereocenters. The van der Waals surface area contributed by atoms with E-state index in [4.69, 9.17) is 0 Å². The molecule has 0 aliphatic carbocycles. The van der Waals surface area contributed by atoms with Gasteiger partial charge in [-0.3, -0.25) is 0 Å². The fourth-order valence-corrected chi connectivity index (χ4v) is 2.06. The Balaban J connectivity index is 2.12. The van der Waals surface area contributed by atoms with Gasteiger partial charge in [-0.25, -0.2) is 0 Å². The Morgan fingerprint density at radius 2 is 1.44 bits per heavy atom. The first-order valence-electron chi connectivity index (χ1n) is 5.62. The quantitative estimate of drug-likeness (QED) is 0.703. The van der Waals surface area contributed by atoms with Gasteiger partial charge in [-0.15, -0.1) is 5.46 Å². The number of hydrogen-bond acceptors (Lipinski definition) is 1. The minimum Gasteiger partial charge on any atom is -0.445 e. The number of anilines is 1. The maximum atomic E-state index is 12.4. The van der Waals surface area contributed by atoms with Crippen molar-refractivity contribution in [2.24, 2.45) is 0 Å². The van der Waals surface area contributed by atoms with Crippen LogP contribution in [0.25, 0.3) is 0 Å². The standard InChI is InChI=1S/C11H14BF3N/c13-12(14,15)10-4-6-11(7-5-10)16-8-2-1-3-9-16/h4-7H,1-3,8-9H2/q-1.